The fourth-order valence-electron chi connectivity index (χ4n) is 3.42. The molecule has 3 heterocycles. The van der Waals surface area contributed by atoms with E-state index in [0.717, 1.165) is 10.4 Å². The first-order valence-electron chi connectivity index (χ1n) is 8.33. The first kappa shape index (κ1) is 17.1. The van der Waals surface area contributed by atoms with Crippen LogP contribution in [0.2, 0.25) is 5.02 Å². The number of benzene rings is 1. The Balaban J connectivity index is 1.70. The van der Waals surface area contributed by atoms with Gasteiger partial charge >= 0.3 is 6.03 Å². The molecule has 0 aliphatic carbocycles. The molecule has 6 nitrogen and oxygen atoms in total. The van der Waals surface area contributed by atoms with E-state index in [4.69, 9.17) is 11.6 Å². The number of imide groups is 1. The largest absolute Gasteiger partial charge is 0.325 e. The van der Waals surface area contributed by atoms with Gasteiger partial charge in [-0.05, 0) is 36.8 Å². The van der Waals surface area contributed by atoms with Crippen LogP contribution in [0.1, 0.15) is 23.6 Å². The number of aromatic nitrogens is 1. The van der Waals surface area contributed by atoms with Crippen molar-refractivity contribution in [3.05, 3.63) is 76.6 Å². The summed E-state index contributed by atoms with van der Waals surface area (Å²) in [6, 6.07) is 14.0. The van der Waals surface area contributed by atoms with Crippen LogP contribution < -0.4 is 5.32 Å². The first-order chi connectivity index (χ1) is 12.9. The highest BCUT2D eigenvalue weighted by atomic mass is 35.5. The zero-order chi connectivity index (χ0) is 19.2. The quantitative estimate of drug-likeness (QED) is 0.709. The number of urea groups is 1. The van der Waals surface area contributed by atoms with Crippen LogP contribution >= 0.6 is 11.6 Å². The lowest BCUT2D eigenvalue weighted by molar-refractivity contribution is -0.131. The van der Waals surface area contributed by atoms with Gasteiger partial charge in [0.15, 0.2) is 0 Å². The summed E-state index contributed by atoms with van der Waals surface area (Å²) in [6.07, 6.45) is 3.59. The number of hydrogen-bond acceptors (Lipinski definition) is 3. The fourth-order valence-corrected chi connectivity index (χ4v) is 3.54. The Bertz CT molecular complexity index is 1110. The Labute approximate surface area is 160 Å². The number of nitriles is 1. The summed E-state index contributed by atoms with van der Waals surface area (Å²) in [5, 5.41) is 12.9. The molecule has 1 aliphatic heterocycles. The predicted molar refractivity (Wildman–Crippen MR) is 100.0 cm³/mol. The van der Waals surface area contributed by atoms with Crippen LogP contribution in [0.4, 0.5) is 4.79 Å². The van der Waals surface area contributed by atoms with E-state index in [0.29, 0.717) is 21.7 Å². The summed E-state index contributed by atoms with van der Waals surface area (Å²) in [6.45, 7) is 1.69. The molecule has 0 saturated carbocycles. The standard InChI is InChI=1S/C20H15ClN4O2/c1-20(14-5-7-15(21)8-6-14)18(26)25(19(27)23-20)12-13-11-24-9-3-2-4-17(24)16(13)10-22/h2-9,11H,12H2,1H3,(H,23,27). The van der Waals surface area contributed by atoms with Crippen molar-refractivity contribution in [1.82, 2.24) is 14.6 Å². The fraction of sp³-hybridized carbons (Fsp3) is 0.150. The van der Waals surface area contributed by atoms with Gasteiger partial charge in [-0.15, -0.1) is 0 Å². The minimum Gasteiger partial charge on any atom is -0.322 e. The van der Waals surface area contributed by atoms with E-state index in [1.54, 1.807) is 37.4 Å². The Morgan fingerprint density at radius 2 is 1.93 bits per heavy atom. The van der Waals surface area contributed by atoms with Gasteiger partial charge in [0.25, 0.3) is 5.91 Å². The third-order valence-corrected chi connectivity index (χ3v) is 5.15. The second kappa shape index (κ2) is 6.15. The van der Waals surface area contributed by atoms with E-state index in [-0.39, 0.29) is 12.5 Å². The second-order valence-electron chi connectivity index (χ2n) is 6.59. The zero-order valence-electron chi connectivity index (χ0n) is 14.4. The Hall–Kier alpha value is -3.30. The molecule has 0 radical (unpaired) electrons. The summed E-state index contributed by atoms with van der Waals surface area (Å²) < 4.78 is 1.81. The number of carbonyl (C=O) groups excluding carboxylic acids is 2. The van der Waals surface area contributed by atoms with Crippen LogP contribution in [0.15, 0.2) is 54.9 Å². The van der Waals surface area contributed by atoms with Gasteiger partial charge in [-0.3, -0.25) is 9.69 Å². The summed E-state index contributed by atoms with van der Waals surface area (Å²) in [5.41, 5.74) is 1.29. The molecule has 2 aromatic heterocycles. The second-order valence-corrected chi connectivity index (χ2v) is 7.02. The number of halogens is 1. The number of fused-ring (bicyclic) bond motifs is 1. The van der Waals surface area contributed by atoms with Gasteiger partial charge in [0.2, 0.25) is 0 Å². The van der Waals surface area contributed by atoms with Gasteiger partial charge in [0.1, 0.15) is 11.6 Å². The lowest BCUT2D eigenvalue weighted by Crippen LogP contribution is -2.40. The molecule has 3 amide bonds. The molecule has 1 N–H and O–H groups in total. The topological polar surface area (TPSA) is 77.6 Å². The maximum absolute atomic E-state index is 13.1. The lowest BCUT2D eigenvalue weighted by atomic mass is 9.92. The van der Waals surface area contributed by atoms with E-state index in [1.165, 1.54) is 0 Å². The highest BCUT2D eigenvalue weighted by Crippen LogP contribution is 2.31. The smallest absolute Gasteiger partial charge is 0.322 e. The lowest BCUT2D eigenvalue weighted by Gasteiger charge is -2.22. The average Bonchev–Trinajstić information content (AvgIpc) is 3.12. The van der Waals surface area contributed by atoms with Crippen molar-refractivity contribution in [3.63, 3.8) is 0 Å². The molecule has 7 heteroatoms. The molecule has 1 unspecified atom stereocenters. The number of hydrogen-bond donors (Lipinski definition) is 1. The highest BCUT2D eigenvalue weighted by Gasteiger charge is 2.49. The van der Waals surface area contributed by atoms with Gasteiger partial charge in [-0.1, -0.05) is 29.8 Å². The van der Waals surface area contributed by atoms with Gasteiger partial charge < -0.3 is 9.72 Å². The highest BCUT2D eigenvalue weighted by molar-refractivity contribution is 6.30. The Kier molecular flexibility index (Phi) is 3.90. The molecule has 0 bridgehead atoms. The van der Waals surface area contributed by atoms with Gasteiger partial charge in [0.05, 0.1) is 17.6 Å². The molecule has 1 atom stereocenters. The summed E-state index contributed by atoms with van der Waals surface area (Å²) in [4.78, 5) is 26.7. The molecule has 134 valence electrons. The minimum atomic E-state index is -1.17. The third kappa shape index (κ3) is 2.64. The van der Waals surface area contributed by atoms with Crippen molar-refractivity contribution in [1.29, 1.82) is 5.26 Å². The van der Waals surface area contributed by atoms with Crippen LogP contribution in [0.25, 0.3) is 5.52 Å². The first-order valence-corrected chi connectivity index (χ1v) is 8.70. The number of carbonyl (C=O) groups is 2. The summed E-state index contributed by atoms with van der Waals surface area (Å²) >= 11 is 5.92. The number of rotatable bonds is 3. The van der Waals surface area contributed by atoms with Crippen LogP contribution in [0.5, 0.6) is 0 Å². The minimum absolute atomic E-state index is 0.0262. The zero-order valence-corrected chi connectivity index (χ0v) is 15.2. The molecular formula is C20H15ClN4O2. The van der Waals surface area contributed by atoms with Crippen LogP contribution in [-0.4, -0.2) is 21.2 Å². The third-order valence-electron chi connectivity index (χ3n) is 4.90. The molecule has 0 spiro atoms. The maximum Gasteiger partial charge on any atom is 0.325 e. The van der Waals surface area contributed by atoms with Gasteiger partial charge in [-0.2, -0.15) is 5.26 Å². The molecule has 3 aromatic rings. The van der Waals surface area contributed by atoms with Crippen LogP contribution in [0, 0.1) is 11.3 Å². The van der Waals surface area contributed by atoms with Crippen molar-refractivity contribution < 1.29 is 9.59 Å². The van der Waals surface area contributed by atoms with E-state index in [9.17, 15) is 14.9 Å². The number of pyridine rings is 1. The molecule has 4 rings (SSSR count). The van der Waals surface area contributed by atoms with Gasteiger partial charge in [0, 0.05) is 23.0 Å². The summed E-state index contributed by atoms with van der Waals surface area (Å²) in [7, 11) is 0. The van der Waals surface area contributed by atoms with E-state index < -0.39 is 11.6 Å². The summed E-state index contributed by atoms with van der Waals surface area (Å²) in [5.74, 6) is -0.367. The average molecular weight is 379 g/mol. The van der Waals surface area contributed by atoms with Gasteiger partial charge in [-0.25, -0.2) is 4.79 Å². The normalized spacial score (nSPS) is 19.4. The Morgan fingerprint density at radius 1 is 1.19 bits per heavy atom. The van der Waals surface area contributed by atoms with Crippen molar-refractivity contribution in [2.24, 2.45) is 0 Å². The molecule has 1 saturated heterocycles. The van der Waals surface area contributed by atoms with Crippen LogP contribution in [-0.2, 0) is 16.9 Å². The molecular weight excluding hydrogens is 364 g/mol. The van der Waals surface area contributed by atoms with E-state index in [1.807, 2.05) is 28.8 Å². The Morgan fingerprint density at radius 3 is 2.63 bits per heavy atom. The number of nitrogens with one attached hydrogen (secondary N) is 1. The predicted octanol–water partition coefficient (Wildman–Crippen LogP) is 3.43. The SMILES string of the molecule is CC1(c2ccc(Cl)cc2)NC(=O)N(Cc2cn3ccccc3c2C#N)C1=O. The molecule has 27 heavy (non-hydrogen) atoms. The molecule has 1 aliphatic rings. The monoisotopic (exact) mass is 378 g/mol. The van der Waals surface area contributed by atoms with E-state index in [2.05, 4.69) is 11.4 Å². The molecule has 1 aromatic carbocycles. The van der Waals surface area contributed by atoms with E-state index >= 15 is 0 Å². The maximum atomic E-state index is 13.1. The van der Waals surface area contributed by atoms with Crippen molar-refractivity contribution in [2.45, 2.75) is 19.0 Å². The van der Waals surface area contributed by atoms with Crippen molar-refractivity contribution in [3.8, 4) is 6.07 Å². The number of nitrogens with zero attached hydrogens (tertiary/aromatic N) is 3. The molecule has 1 fully saturated rings. The van der Waals surface area contributed by atoms with Crippen molar-refractivity contribution in [2.75, 3.05) is 0 Å². The van der Waals surface area contributed by atoms with Crippen LogP contribution in [0.3, 0.4) is 0 Å². The number of amides is 3. The van der Waals surface area contributed by atoms with Crippen molar-refractivity contribution >= 4 is 29.1 Å².